The van der Waals surface area contributed by atoms with E-state index in [0.29, 0.717) is 31.2 Å². The van der Waals surface area contributed by atoms with E-state index in [2.05, 4.69) is 5.32 Å². The Bertz CT molecular complexity index is 441. The van der Waals surface area contributed by atoms with Crippen molar-refractivity contribution in [3.05, 3.63) is 0 Å². The van der Waals surface area contributed by atoms with E-state index in [-0.39, 0.29) is 11.8 Å². The first-order valence-corrected chi connectivity index (χ1v) is 8.58. The van der Waals surface area contributed by atoms with E-state index in [1.54, 1.807) is 0 Å². The quantitative estimate of drug-likeness (QED) is 0.836. The second-order valence-electron chi connectivity index (χ2n) is 8.11. The van der Waals surface area contributed by atoms with Crippen LogP contribution in [-0.2, 0) is 9.59 Å². The van der Waals surface area contributed by atoms with Crippen molar-refractivity contribution in [2.24, 2.45) is 35.0 Å². The van der Waals surface area contributed by atoms with Gasteiger partial charge in [-0.3, -0.25) is 9.59 Å². The summed E-state index contributed by atoms with van der Waals surface area (Å²) in [5.74, 6) is 2.47. The van der Waals surface area contributed by atoms with Crippen molar-refractivity contribution in [3.8, 4) is 0 Å². The van der Waals surface area contributed by atoms with E-state index < -0.39 is 11.4 Å². The van der Waals surface area contributed by atoms with Crippen LogP contribution < -0.4 is 5.32 Å². The third-order valence-corrected chi connectivity index (χ3v) is 6.89. The normalized spacial score (nSPS) is 42.4. The number of aliphatic carboxylic acids is 1. The average Bonchev–Trinajstić information content (AvgIpc) is 2.35. The lowest BCUT2D eigenvalue weighted by atomic mass is 9.51. The number of rotatable bonds is 4. The molecular formula is C17H25NO3. The van der Waals surface area contributed by atoms with Crippen LogP contribution in [-0.4, -0.2) is 23.5 Å². The lowest BCUT2D eigenvalue weighted by Gasteiger charge is -2.53. The SMILES string of the molecule is O=C(NCC1(C(=O)O)CCC1)C1C2CC3CC(C2)CC1C3. The Morgan fingerprint density at radius 2 is 1.57 bits per heavy atom. The minimum atomic E-state index is -0.737. The van der Waals surface area contributed by atoms with Crippen LogP contribution in [0.25, 0.3) is 0 Å². The van der Waals surface area contributed by atoms with Crippen molar-refractivity contribution in [3.63, 3.8) is 0 Å². The molecule has 5 fully saturated rings. The molecule has 4 nitrogen and oxygen atoms in total. The minimum absolute atomic E-state index is 0.149. The molecule has 0 atom stereocenters. The first-order chi connectivity index (χ1) is 10.1. The smallest absolute Gasteiger partial charge is 0.311 e. The second kappa shape index (κ2) is 4.72. The van der Waals surface area contributed by atoms with E-state index >= 15 is 0 Å². The highest BCUT2D eigenvalue weighted by atomic mass is 16.4. The van der Waals surface area contributed by atoms with Gasteiger partial charge in [0.2, 0.25) is 5.91 Å². The Hall–Kier alpha value is -1.06. The number of carboxylic acid groups (broad SMARTS) is 1. The highest BCUT2D eigenvalue weighted by Gasteiger charge is 2.51. The molecule has 4 bridgehead atoms. The van der Waals surface area contributed by atoms with Crippen LogP contribution in [0.5, 0.6) is 0 Å². The number of amides is 1. The van der Waals surface area contributed by atoms with Crippen LogP contribution in [0, 0.1) is 35.0 Å². The molecule has 0 heterocycles. The molecule has 21 heavy (non-hydrogen) atoms. The fourth-order valence-corrected chi connectivity index (χ4v) is 5.80. The molecule has 0 saturated heterocycles. The van der Waals surface area contributed by atoms with Crippen molar-refractivity contribution in [2.75, 3.05) is 6.54 Å². The predicted octanol–water partition coefficient (Wildman–Crippen LogP) is 2.43. The lowest BCUT2D eigenvalue weighted by Crippen LogP contribution is -2.54. The fraction of sp³-hybridized carbons (Fsp3) is 0.882. The van der Waals surface area contributed by atoms with Crippen molar-refractivity contribution in [1.82, 2.24) is 5.32 Å². The zero-order chi connectivity index (χ0) is 14.6. The number of hydrogen-bond acceptors (Lipinski definition) is 2. The highest BCUT2D eigenvalue weighted by Crippen LogP contribution is 2.56. The van der Waals surface area contributed by atoms with Gasteiger partial charge < -0.3 is 10.4 Å². The van der Waals surface area contributed by atoms with Gasteiger partial charge in [-0.2, -0.15) is 0 Å². The number of carbonyl (C=O) groups excluding carboxylic acids is 1. The number of carbonyl (C=O) groups is 2. The van der Waals surface area contributed by atoms with Gasteiger partial charge in [0.05, 0.1) is 5.41 Å². The molecule has 5 rings (SSSR count). The molecule has 0 aliphatic heterocycles. The monoisotopic (exact) mass is 291 g/mol. The van der Waals surface area contributed by atoms with Gasteiger partial charge in [0, 0.05) is 12.5 Å². The molecule has 0 aromatic rings. The van der Waals surface area contributed by atoms with Crippen LogP contribution >= 0.6 is 0 Å². The summed E-state index contributed by atoms with van der Waals surface area (Å²) in [7, 11) is 0. The molecular weight excluding hydrogens is 266 g/mol. The topological polar surface area (TPSA) is 66.4 Å². The summed E-state index contributed by atoms with van der Waals surface area (Å²) < 4.78 is 0. The largest absolute Gasteiger partial charge is 0.481 e. The molecule has 2 N–H and O–H groups in total. The van der Waals surface area contributed by atoms with Crippen molar-refractivity contribution in [1.29, 1.82) is 0 Å². The Morgan fingerprint density at radius 1 is 1.00 bits per heavy atom. The van der Waals surface area contributed by atoms with Crippen LogP contribution in [0.1, 0.15) is 51.4 Å². The molecule has 5 aliphatic carbocycles. The third-order valence-electron chi connectivity index (χ3n) is 6.89. The number of hydrogen-bond donors (Lipinski definition) is 2. The Balaban J connectivity index is 1.40. The number of nitrogens with one attached hydrogen (secondary N) is 1. The number of carboxylic acids is 1. The van der Waals surface area contributed by atoms with Gasteiger partial charge in [-0.15, -0.1) is 0 Å². The standard InChI is InChI=1S/C17H25NO3/c19-15(18-9-17(16(20)21)2-1-3-17)14-12-5-10-4-11(7-12)8-13(14)6-10/h10-14H,1-9H2,(H,18,19)(H,20,21). The van der Waals surface area contributed by atoms with E-state index in [1.165, 1.54) is 32.1 Å². The Morgan fingerprint density at radius 3 is 2.00 bits per heavy atom. The molecule has 1 amide bonds. The summed E-state index contributed by atoms with van der Waals surface area (Å²) in [6, 6.07) is 0. The van der Waals surface area contributed by atoms with Gasteiger partial charge in [-0.25, -0.2) is 0 Å². The van der Waals surface area contributed by atoms with Gasteiger partial charge in [-0.05, 0) is 68.6 Å². The van der Waals surface area contributed by atoms with Crippen molar-refractivity contribution < 1.29 is 14.7 Å². The molecule has 0 radical (unpaired) electrons. The van der Waals surface area contributed by atoms with Gasteiger partial charge in [-0.1, -0.05) is 6.42 Å². The van der Waals surface area contributed by atoms with Gasteiger partial charge in [0.25, 0.3) is 0 Å². The first kappa shape index (κ1) is 13.6. The van der Waals surface area contributed by atoms with Crippen LogP contribution in [0.15, 0.2) is 0 Å². The lowest BCUT2D eigenvalue weighted by molar-refractivity contribution is -0.155. The van der Waals surface area contributed by atoms with Crippen molar-refractivity contribution >= 4 is 11.9 Å². The third kappa shape index (κ3) is 2.09. The molecule has 0 spiro atoms. The summed E-state index contributed by atoms with van der Waals surface area (Å²) in [6.45, 7) is 0.337. The maximum Gasteiger partial charge on any atom is 0.311 e. The Labute approximate surface area is 125 Å². The molecule has 5 aliphatic rings. The van der Waals surface area contributed by atoms with E-state index in [9.17, 15) is 14.7 Å². The summed E-state index contributed by atoms with van der Waals surface area (Å²) in [5.41, 5.74) is -0.665. The van der Waals surface area contributed by atoms with Gasteiger partial charge >= 0.3 is 5.97 Å². The summed E-state index contributed by atoms with van der Waals surface area (Å²) in [4.78, 5) is 24.0. The molecule has 4 heteroatoms. The molecule has 0 aromatic heterocycles. The zero-order valence-corrected chi connectivity index (χ0v) is 12.5. The maximum absolute atomic E-state index is 12.6. The van der Waals surface area contributed by atoms with E-state index in [1.807, 2.05) is 0 Å². The maximum atomic E-state index is 12.6. The fourth-order valence-electron chi connectivity index (χ4n) is 5.80. The predicted molar refractivity (Wildman–Crippen MR) is 77.5 cm³/mol. The average molecular weight is 291 g/mol. The van der Waals surface area contributed by atoms with Gasteiger partial charge in [0.1, 0.15) is 0 Å². The summed E-state index contributed by atoms with van der Waals surface area (Å²) in [5, 5.41) is 12.4. The van der Waals surface area contributed by atoms with E-state index in [0.717, 1.165) is 18.3 Å². The molecule has 0 aromatic carbocycles. The summed E-state index contributed by atoms with van der Waals surface area (Å²) >= 11 is 0. The van der Waals surface area contributed by atoms with Crippen LogP contribution in [0.4, 0.5) is 0 Å². The molecule has 0 unspecified atom stereocenters. The molecule has 116 valence electrons. The van der Waals surface area contributed by atoms with Crippen LogP contribution in [0.2, 0.25) is 0 Å². The molecule has 5 saturated carbocycles. The van der Waals surface area contributed by atoms with Gasteiger partial charge in [0.15, 0.2) is 0 Å². The first-order valence-electron chi connectivity index (χ1n) is 8.58. The van der Waals surface area contributed by atoms with E-state index in [4.69, 9.17) is 0 Å². The van der Waals surface area contributed by atoms with Crippen molar-refractivity contribution in [2.45, 2.75) is 51.4 Å². The zero-order valence-electron chi connectivity index (χ0n) is 12.5. The minimum Gasteiger partial charge on any atom is -0.481 e. The van der Waals surface area contributed by atoms with Crippen LogP contribution in [0.3, 0.4) is 0 Å². The second-order valence-corrected chi connectivity index (χ2v) is 8.11. The Kier molecular flexibility index (Phi) is 3.05. The highest BCUT2D eigenvalue weighted by molar-refractivity contribution is 5.81. The summed E-state index contributed by atoms with van der Waals surface area (Å²) in [6.07, 6.45) is 8.72.